The third-order valence-corrected chi connectivity index (χ3v) is 2.23. The van der Waals surface area contributed by atoms with Gasteiger partial charge in [0.1, 0.15) is 0 Å². The number of pyridine rings is 1. The molecule has 4 heteroatoms. The van der Waals surface area contributed by atoms with E-state index in [1.807, 2.05) is 19.1 Å². The smallest absolute Gasteiger partial charge is 0.224 e. The Morgan fingerprint density at radius 1 is 1.75 bits per heavy atom. The molecule has 0 spiro atoms. The van der Waals surface area contributed by atoms with Crippen molar-refractivity contribution < 1.29 is 4.74 Å². The molecule has 0 N–H and O–H groups in total. The number of hydrogen-bond acceptors (Lipinski definition) is 4. The molecule has 64 valence electrons. The first-order chi connectivity index (χ1) is 5.83. The molecule has 1 aromatic rings. The van der Waals surface area contributed by atoms with E-state index < -0.39 is 0 Å². The van der Waals surface area contributed by atoms with Crippen molar-refractivity contribution in [3.05, 3.63) is 24.5 Å². The van der Waals surface area contributed by atoms with E-state index in [-0.39, 0.29) is 0 Å². The largest absolute Gasteiger partial charge is 0.479 e. The van der Waals surface area contributed by atoms with E-state index in [1.54, 1.807) is 12.4 Å². The van der Waals surface area contributed by atoms with Gasteiger partial charge in [-0.1, -0.05) is 0 Å². The van der Waals surface area contributed by atoms with Crippen LogP contribution >= 0.6 is 24.0 Å². The Hall–Kier alpha value is -0.610. The van der Waals surface area contributed by atoms with E-state index in [2.05, 4.69) is 4.98 Å². The molecule has 1 rings (SSSR count). The first-order valence-corrected chi connectivity index (χ1v) is 4.80. The summed E-state index contributed by atoms with van der Waals surface area (Å²) in [5.41, 5.74) is 0. The van der Waals surface area contributed by atoms with Crippen LogP contribution in [0, 0.1) is 0 Å². The average Bonchev–Trinajstić information content (AvgIpc) is 2.06. The zero-order valence-electron chi connectivity index (χ0n) is 6.69. The third-order valence-electron chi connectivity index (χ3n) is 1.10. The molecule has 0 saturated carbocycles. The van der Waals surface area contributed by atoms with Crippen LogP contribution in [-0.4, -0.2) is 16.0 Å². The van der Waals surface area contributed by atoms with Gasteiger partial charge in [0.05, 0.1) is 6.61 Å². The summed E-state index contributed by atoms with van der Waals surface area (Å²) >= 11 is 6.36. The zero-order chi connectivity index (χ0) is 8.81. The van der Waals surface area contributed by atoms with Gasteiger partial charge in [0.25, 0.3) is 0 Å². The maximum atomic E-state index is 5.11. The van der Waals surface area contributed by atoms with Gasteiger partial charge in [-0.3, -0.25) is 4.98 Å². The number of aromatic nitrogens is 1. The fourth-order valence-electron chi connectivity index (χ4n) is 0.651. The molecule has 0 aromatic carbocycles. The van der Waals surface area contributed by atoms with Gasteiger partial charge >= 0.3 is 0 Å². The van der Waals surface area contributed by atoms with Crippen molar-refractivity contribution in [2.24, 2.45) is 0 Å². The van der Waals surface area contributed by atoms with Crippen molar-refractivity contribution in [3.63, 3.8) is 0 Å². The van der Waals surface area contributed by atoms with E-state index >= 15 is 0 Å². The molecular formula is C8H9NOS2. The molecule has 1 aromatic heterocycles. The van der Waals surface area contributed by atoms with Gasteiger partial charge in [0, 0.05) is 17.3 Å². The van der Waals surface area contributed by atoms with E-state index in [9.17, 15) is 0 Å². The summed E-state index contributed by atoms with van der Waals surface area (Å²) in [4.78, 5) is 4.97. The molecule has 12 heavy (non-hydrogen) atoms. The van der Waals surface area contributed by atoms with Crippen molar-refractivity contribution in [1.82, 2.24) is 4.98 Å². The molecule has 0 amide bonds. The standard InChI is InChI=1S/C8H9NOS2/c1-2-10-8(11)12-7-4-3-5-9-6-7/h3-6H,2H2,1H3. The minimum atomic E-state index is 0.547. The van der Waals surface area contributed by atoms with Gasteiger partial charge in [-0.2, -0.15) is 0 Å². The maximum absolute atomic E-state index is 5.11. The zero-order valence-corrected chi connectivity index (χ0v) is 8.32. The highest BCUT2D eigenvalue weighted by atomic mass is 32.2. The number of thiocarbonyl (C=S) groups is 1. The van der Waals surface area contributed by atoms with Crippen LogP contribution in [0.1, 0.15) is 6.92 Å². The quantitative estimate of drug-likeness (QED) is 0.539. The molecule has 0 aliphatic carbocycles. The number of thioether (sulfide) groups is 1. The van der Waals surface area contributed by atoms with Gasteiger partial charge in [0.2, 0.25) is 4.38 Å². The van der Waals surface area contributed by atoms with Crippen LogP contribution in [0.25, 0.3) is 0 Å². The molecule has 0 radical (unpaired) electrons. The molecule has 2 nitrogen and oxygen atoms in total. The van der Waals surface area contributed by atoms with E-state index in [4.69, 9.17) is 17.0 Å². The summed E-state index contributed by atoms with van der Waals surface area (Å²) in [6, 6.07) is 3.82. The number of nitrogens with zero attached hydrogens (tertiary/aromatic N) is 1. The minimum Gasteiger partial charge on any atom is -0.479 e. The number of ether oxygens (including phenoxy) is 1. The molecule has 0 fully saturated rings. The van der Waals surface area contributed by atoms with Crippen LogP contribution in [0.15, 0.2) is 29.4 Å². The Bertz CT molecular complexity index is 250. The minimum absolute atomic E-state index is 0.547. The summed E-state index contributed by atoms with van der Waals surface area (Å²) < 4.78 is 5.66. The monoisotopic (exact) mass is 199 g/mol. The van der Waals surface area contributed by atoms with Gasteiger partial charge < -0.3 is 4.74 Å². The normalized spacial score (nSPS) is 9.42. The molecule has 1 heterocycles. The SMILES string of the molecule is CCOC(=S)Sc1cccnc1. The topological polar surface area (TPSA) is 22.1 Å². The Kier molecular flexibility index (Phi) is 4.04. The van der Waals surface area contributed by atoms with Crippen molar-refractivity contribution in [3.8, 4) is 0 Å². The van der Waals surface area contributed by atoms with Crippen molar-refractivity contribution in [2.75, 3.05) is 6.61 Å². The molecule has 0 unspecified atom stereocenters. The van der Waals surface area contributed by atoms with Crippen molar-refractivity contribution in [2.45, 2.75) is 11.8 Å². The van der Waals surface area contributed by atoms with Crippen molar-refractivity contribution in [1.29, 1.82) is 0 Å². The highest BCUT2D eigenvalue weighted by Crippen LogP contribution is 2.18. The molecule has 0 atom stereocenters. The number of rotatable bonds is 2. The van der Waals surface area contributed by atoms with Gasteiger partial charge in [0.15, 0.2) is 0 Å². The third kappa shape index (κ3) is 3.19. The fourth-order valence-corrected chi connectivity index (χ4v) is 1.69. The van der Waals surface area contributed by atoms with E-state index in [0.717, 1.165) is 4.90 Å². The lowest BCUT2D eigenvalue weighted by molar-refractivity contribution is 0.346. The Balaban J connectivity index is 2.47. The van der Waals surface area contributed by atoms with Gasteiger partial charge in [-0.25, -0.2) is 0 Å². The predicted octanol–water partition coefficient (Wildman–Crippen LogP) is 2.50. The van der Waals surface area contributed by atoms with E-state index in [1.165, 1.54) is 11.8 Å². The molecule has 0 saturated heterocycles. The van der Waals surface area contributed by atoms with Gasteiger partial charge in [-0.15, -0.1) is 0 Å². The highest BCUT2D eigenvalue weighted by molar-refractivity contribution is 8.22. The van der Waals surface area contributed by atoms with Crippen LogP contribution < -0.4 is 0 Å². The molecule has 0 aliphatic rings. The van der Waals surface area contributed by atoms with Crippen LogP contribution in [0.5, 0.6) is 0 Å². The summed E-state index contributed by atoms with van der Waals surface area (Å²) in [6.45, 7) is 2.53. The first kappa shape index (κ1) is 9.48. The highest BCUT2D eigenvalue weighted by Gasteiger charge is 1.98. The number of hydrogen-bond donors (Lipinski definition) is 0. The second kappa shape index (κ2) is 5.11. The summed E-state index contributed by atoms with van der Waals surface area (Å²) in [5.74, 6) is 0. The molecule has 0 bridgehead atoms. The summed E-state index contributed by atoms with van der Waals surface area (Å²) in [5, 5.41) is 0. The Labute approximate surface area is 81.3 Å². The second-order valence-corrected chi connectivity index (χ2v) is 3.65. The Morgan fingerprint density at radius 2 is 2.58 bits per heavy atom. The molecular weight excluding hydrogens is 190 g/mol. The Morgan fingerprint density at radius 3 is 3.17 bits per heavy atom. The lowest BCUT2D eigenvalue weighted by Gasteiger charge is -2.02. The van der Waals surface area contributed by atoms with Crippen LogP contribution in [0.3, 0.4) is 0 Å². The summed E-state index contributed by atoms with van der Waals surface area (Å²) in [6.07, 6.45) is 3.49. The van der Waals surface area contributed by atoms with E-state index in [0.29, 0.717) is 11.0 Å². The summed E-state index contributed by atoms with van der Waals surface area (Å²) in [7, 11) is 0. The maximum Gasteiger partial charge on any atom is 0.224 e. The molecule has 0 aliphatic heterocycles. The van der Waals surface area contributed by atoms with Crippen LogP contribution in [0.2, 0.25) is 0 Å². The van der Waals surface area contributed by atoms with Crippen LogP contribution in [0.4, 0.5) is 0 Å². The average molecular weight is 199 g/mol. The first-order valence-electron chi connectivity index (χ1n) is 3.57. The lowest BCUT2D eigenvalue weighted by Crippen LogP contribution is -1.94. The lowest BCUT2D eigenvalue weighted by atomic mass is 10.5. The second-order valence-electron chi connectivity index (χ2n) is 1.97. The fraction of sp³-hybridized carbons (Fsp3) is 0.250. The van der Waals surface area contributed by atoms with Gasteiger partial charge in [-0.05, 0) is 43.0 Å². The van der Waals surface area contributed by atoms with Crippen molar-refractivity contribution >= 4 is 28.4 Å². The van der Waals surface area contributed by atoms with Crippen LogP contribution in [-0.2, 0) is 4.74 Å². The predicted molar refractivity (Wildman–Crippen MR) is 54.3 cm³/mol.